The molecule has 0 radical (unpaired) electrons. The van der Waals surface area contributed by atoms with Crippen LogP contribution in [0.15, 0.2) is 30.6 Å². The Labute approximate surface area is 126 Å². The molecule has 0 aliphatic carbocycles. The van der Waals surface area contributed by atoms with Crippen LogP contribution in [-0.2, 0) is 25.5 Å². The number of aliphatic carboxylic acids is 1. The zero-order valence-corrected chi connectivity index (χ0v) is 12.8. The molecule has 0 saturated heterocycles. The Hall–Kier alpha value is -1.50. The van der Waals surface area contributed by atoms with Gasteiger partial charge in [0.2, 0.25) is 0 Å². The fourth-order valence-corrected chi connectivity index (χ4v) is 1.30. The van der Waals surface area contributed by atoms with E-state index >= 15 is 0 Å². The van der Waals surface area contributed by atoms with E-state index in [0.717, 1.165) is 13.2 Å². The maximum Gasteiger partial charge on any atom is 0.171 e. The Bertz CT molecular complexity index is 345. The number of hydrogen-bond donors (Lipinski definition) is 0. The minimum atomic E-state index is -1.08. The lowest BCUT2D eigenvalue weighted by molar-refractivity contribution is -0.698. The van der Waals surface area contributed by atoms with E-state index in [2.05, 4.69) is 4.57 Å². The van der Waals surface area contributed by atoms with Crippen molar-refractivity contribution in [3.8, 4) is 0 Å². The van der Waals surface area contributed by atoms with Crippen molar-refractivity contribution in [1.29, 1.82) is 0 Å². The van der Waals surface area contributed by atoms with Crippen LogP contribution in [0.2, 0.25) is 0 Å². The van der Waals surface area contributed by atoms with Gasteiger partial charge >= 0.3 is 0 Å². The smallest absolute Gasteiger partial charge is 0.171 e. The van der Waals surface area contributed by atoms with E-state index < -0.39 is 5.97 Å². The summed E-state index contributed by atoms with van der Waals surface area (Å²) in [5.41, 5.74) is 0. The predicted octanol–water partition coefficient (Wildman–Crippen LogP) is -0.200. The summed E-state index contributed by atoms with van der Waals surface area (Å²) in [6.07, 6.45) is 4.00. The van der Waals surface area contributed by atoms with Crippen molar-refractivity contribution in [2.24, 2.45) is 0 Å². The second kappa shape index (κ2) is 14.9. The van der Waals surface area contributed by atoms with Crippen molar-refractivity contribution < 1.29 is 28.7 Å². The summed E-state index contributed by atoms with van der Waals surface area (Å²) in [5.74, 6) is -1.08. The van der Waals surface area contributed by atoms with Crippen LogP contribution in [0.1, 0.15) is 13.3 Å². The van der Waals surface area contributed by atoms with Gasteiger partial charge in [-0.15, -0.1) is 0 Å². The molecule has 1 aromatic rings. The third kappa shape index (κ3) is 14.7. The minimum Gasteiger partial charge on any atom is -0.550 e. The zero-order chi connectivity index (χ0) is 15.8. The molecule has 0 saturated carbocycles. The average molecular weight is 299 g/mol. The van der Waals surface area contributed by atoms with Crippen LogP contribution in [-0.4, -0.2) is 46.1 Å². The molecule has 0 fully saturated rings. The first-order valence-corrected chi connectivity index (χ1v) is 6.99. The second-order valence-electron chi connectivity index (χ2n) is 4.04. The fourth-order valence-electron chi connectivity index (χ4n) is 1.30. The van der Waals surface area contributed by atoms with Gasteiger partial charge in [0.15, 0.2) is 18.9 Å². The first-order valence-electron chi connectivity index (χ1n) is 6.99. The van der Waals surface area contributed by atoms with Gasteiger partial charge in [0.05, 0.1) is 19.8 Å². The summed E-state index contributed by atoms with van der Waals surface area (Å²) >= 11 is 0. The Morgan fingerprint density at radius 3 is 2.29 bits per heavy atom. The Balaban J connectivity index is 0.000000382. The molecule has 0 unspecified atom stereocenters. The van der Waals surface area contributed by atoms with Crippen LogP contribution in [0.25, 0.3) is 0 Å². The highest BCUT2D eigenvalue weighted by molar-refractivity contribution is 5.64. The molecule has 0 N–H and O–H groups in total. The highest BCUT2D eigenvalue weighted by Gasteiger charge is 1.93. The second-order valence-corrected chi connectivity index (χ2v) is 4.04. The number of methoxy groups -OCH3 is 1. The van der Waals surface area contributed by atoms with Gasteiger partial charge in [0, 0.05) is 38.2 Å². The van der Waals surface area contributed by atoms with Gasteiger partial charge < -0.3 is 24.1 Å². The van der Waals surface area contributed by atoms with E-state index in [1.807, 2.05) is 37.5 Å². The van der Waals surface area contributed by atoms with Gasteiger partial charge in [-0.3, -0.25) is 0 Å². The molecule has 0 aliphatic heterocycles. The molecular formula is C15H25NO5. The molecule has 6 nitrogen and oxygen atoms in total. The zero-order valence-electron chi connectivity index (χ0n) is 12.8. The van der Waals surface area contributed by atoms with Crippen LogP contribution in [0.5, 0.6) is 0 Å². The summed E-state index contributed by atoms with van der Waals surface area (Å²) in [5, 5.41) is 9.87. The number of carbonyl (C=O) groups excluding carboxylic acids is 1. The molecule has 1 heterocycles. The molecule has 0 aromatic carbocycles. The number of nitrogens with zero attached hydrogens (tertiary/aromatic N) is 1. The van der Waals surface area contributed by atoms with Gasteiger partial charge in [-0.1, -0.05) is 6.07 Å². The first kappa shape index (κ1) is 19.5. The van der Waals surface area contributed by atoms with E-state index in [0.29, 0.717) is 19.8 Å². The standard InChI is InChI=1S/C8H12NO.C7H14O4/c1-10-8-7-9-5-3-2-4-6-9;1-2-10-5-6-11-4-3-7(8)9/h2-6H,7-8H2,1H3;2-6H2,1H3,(H,8,9)/q+1;/p-1. The van der Waals surface area contributed by atoms with Gasteiger partial charge in [0.25, 0.3) is 0 Å². The molecular weight excluding hydrogens is 274 g/mol. The number of ether oxygens (including phenoxy) is 3. The number of carboxylic acids is 1. The summed E-state index contributed by atoms with van der Waals surface area (Å²) < 4.78 is 16.9. The van der Waals surface area contributed by atoms with Crippen LogP contribution < -0.4 is 9.67 Å². The van der Waals surface area contributed by atoms with E-state index in [4.69, 9.17) is 14.2 Å². The minimum absolute atomic E-state index is 0.0495. The molecule has 6 heteroatoms. The Morgan fingerprint density at radius 1 is 1.05 bits per heavy atom. The molecule has 0 spiro atoms. The highest BCUT2D eigenvalue weighted by Crippen LogP contribution is 1.81. The largest absolute Gasteiger partial charge is 0.550 e. The number of carboxylic acid groups (broad SMARTS) is 1. The van der Waals surface area contributed by atoms with E-state index in [-0.39, 0.29) is 13.0 Å². The normalized spacial score (nSPS) is 9.81. The summed E-state index contributed by atoms with van der Waals surface area (Å²) in [6.45, 7) is 5.41. The first-order chi connectivity index (χ1) is 10.2. The molecule has 21 heavy (non-hydrogen) atoms. The number of rotatable bonds is 10. The SMILES string of the molecule is CCOCCOCCC(=O)[O-].COCC[n+]1ccccc1. The van der Waals surface area contributed by atoms with Crippen LogP contribution in [0.4, 0.5) is 0 Å². The maximum absolute atomic E-state index is 9.87. The molecule has 0 amide bonds. The summed E-state index contributed by atoms with van der Waals surface area (Å²) in [4.78, 5) is 9.87. The monoisotopic (exact) mass is 299 g/mol. The number of aromatic nitrogens is 1. The summed E-state index contributed by atoms with van der Waals surface area (Å²) in [6, 6.07) is 6.02. The summed E-state index contributed by atoms with van der Waals surface area (Å²) in [7, 11) is 1.71. The topological polar surface area (TPSA) is 71.7 Å². The van der Waals surface area contributed by atoms with Crippen LogP contribution in [0, 0.1) is 0 Å². The van der Waals surface area contributed by atoms with Crippen LogP contribution in [0.3, 0.4) is 0 Å². The van der Waals surface area contributed by atoms with Crippen molar-refractivity contribution in [3.05, 3.63) is 30.6 Å². The van der Waals surface area contributed by atoms with Gasteiger partial charge in [-0.25, -0.2) is 4.57 Å². The molecule has 120 valence electrons. The van der Waals surface area contributed by atoms with Crippen molar-refractivity contribution in [2.45, 2.75) is 19.9 Å². The third-order valence-corrected chi connectivity index (χ3v) is 2.36. The van der Waals surface area contributed by atoms with Crippen molar-refractivity contribution in [1.82, 2.24) is 0 Å². The van der Waals surface area contributed by atoms with E-state index in [9.17, 15) is 9.90 Å². The maximum atomic E-state index is 9.87. The quantitative estimate of drug-likeness (QED) is 0.442. The van der Waals surface area contributed by atoms with Crippen molar-refractivity contribution in [3.63, 3.8) is 0 Å². The lowest BCUT2D eigenvalue weighted by Gasteiger charge is -2.04. The molecule has 0 aliphatic rings. The lowest BCUT2D eigenvalue weighted by Crippen LogP contribution is -2.34. The molecule has 0 bridgehead atoms. The van der Waals surface area contributed by atoms with Crippen molar-refractivity contribution in [2.75, 3.05) is 40.1 Å². The van der Waals surface area contributed by atoms with E-state index in [1.165, 1.54) is 0 Å². The molecule has 1 aromatic heterocycles. The molecule has 0 atom stereocenters. The van der Waals surface area contributed by atoms with Crippen LogP contribution >= 0.6 is 0 Å². The lowest BCUT2D eigenvalue weighted by atomic mass is 10.5. The van der Waals surface area contributed by atoms with E-state index in [1.54, 1.807) is 7.11 Å². The highest BCUT2D eigenvalue weighted by atomic mass is 16.5. The predicted molar refractivity (Wildman–Crippen MR) is 75.4 cm³/mol. The van der Waals surface area contributed by atoms with Crippen molar-refractivity contribution >= 4 is 5.97 Å². The van der Waals surface area contributed by atoms with Gasteiger partial charge in [-0.2, -0.15) is 0 Å². The number of hydrogen-bond acceptors (Lipinski definition) is 5. The Kier molecular flexibility index (Phi) is 13.8. The molecule has 1 rings (SSSR count). The Morgan fingerprint density at radius 2 is 1.71 bits per heavy atom. The number of pyridine rings is 1. The average Bonchev–Trinajstić information content (AvgIpc) is 2.50. The van der Waals surface area contributed by atoms with Gasteiger partial charge in [-0.05, 0) is 6.92 Å². The number of carbonyl (C=O) groups is 1. The third-order valence-electron chi connectivity index (χ3n) is 2.36. The van der Waals surface area contributed by atoms with Gasteiger partial charge in [0.1, 0.15) is 6.61 Å². The fraction of sp³-hybridized carbons (Fsp3) is 0.600.